The smallest absolute Gasteiger partial charge is 0.253 e. The Morgan fingerprint density at radius 1 is 1.00 bits per heavy atom. The number of sulfonamides is 1. The Hall–Kier alpha value is -1.93. The molecule has 3 rings (SSSR count). The van der Waals surface area contributed by atoms with Crippen molar-refractivity contribution in [3.05, 3.63) is 29.8 Å². The molecular weight excluding hydrogens is 354 g/mol. The van der Waals surface area contributed by atoms with Crippen molar-refractivity contribution >= 4 is 22.3 Å². The number of hydrogen-bond donors (Lipinski definition) is 0. The maximum atomic E-state index is 12.7. The third-order valence-corrected chi connectivity index (χ3v) is 7.15. The maximum absolute atomic E-state index is 12.7. The van der Waals surface area contributed by atoms with E-state index in [9.17, 15) is 18.0 Å². The highest BCUT2D eigenvalue weighted by molar-refractivity contribution is 7.89. The molecule has 2 amide bonds. The fraction of sp³-hybridized carbons (Fsp3) is 0.556. The van der Waals surface area contributed by atoms with Crippen LogP contribution in [0.4, 0.5) is 0 Å². The van der Waals surface area contributed by atoms with Gasteiger partial charge in [0, 0.05) is 44.8 Å². The summed E-state index contributed by atoms with van der Waals surface area (Å²) in [5, 5.41) is 0. The molecule has 0 unspecified atom stereocenters. The molecule has 2 aliphatic rings. The van der Waals surface area contributed by atoms with Crippen molar-refractivity contribution in [2.75, 3.05) is 39.3 Å². The van der Waals surface area contributed by atoms with Gasteiger partial charge in [-0.15, -0.1) is 0 Å². The summed E-state index contributed by atoms with van der Waals surface area (Å²) in [6, 6.07) is 6.19. The Labute approximate surface area is 154 Å². The molecule has 0 radical (unpaired) electrons. The lowest BCUT2D eigenvalue weighted by Gasteiger charge is -2.32. The van der Waals surface area contributed by atoms with E-state index in [1.165, 1.54) is 16.4 Å². The monoisotopic (exact) mass is 379 g/mol. The predicted octanol–water partition coefficient (Wildman–Crippen LogP) is 1.02. The molecule has 26 heavy (non-hydrogen) atoms. The number of carbonyl (C=O) groups excluding carboxylic acids is 2. The van der Waals surface area contributed by atoms with Crippen molar-refractivity contribution in [2.45, 2.75) is 24.7 Å². The molecule has 2 heterocycles. The van der Waals surface area contributed by atoms with Gasteiger partial charge in [-0.05, 0) is 43.0 Å². The molecule has 0 N–H and O–H groups in total. The number of hydrogen-bond acceptors (Lipinski definition) is 4. The Morgan fingerprint density at radius 3 is 2.12 bits per heavy atom. The van der Waals surface area contributed by atoms with E-state index in [2.05, 4.69) is 6.92 Å². The molecule has 0 saturated carbocycles. The lowest BCUT2D eigenvalue weighted by atomic mass is 10.0. The van der Waals surface area contributed by atoms with E-state index in [0.29, 0.717) is 50.7 Å². The maximum Gasteiger partial charge on any atom is 0.253 e. The summed E-state index contributed by atoms with van der Waals surface area (Å²) < 4.78 is 27.0. The highest BCUT2D eigenvalue weighted by atomic mass is 32.2. The van der Waals surface area contributed by atoms with E-state index >= 15 is 0 Å². The van der Waals surface area contributed by atoms with Gasteiger partial charge in [-0.2, -0.15) is 4.31 Å². The summed E-state index contributed by atoms with van der Waals surface area (Å²) in [5.41, 5.74) is 0.468. The average Bonchev–Trinajstić information content (AvgIpc) is 2.68. The van der Waals surface area contributed by atoms with Gasteiger partial charge in [-0.3, -0.25) is 9.59 Å². The van der Waals surface area contributed by atoms with Crippen molar-refractivity contribution in [1.29, 1.82) is 0 Å². The third kappa shape index (κ3) is 3.91. The van der Waals surface area contributed by atoms with Crippen LogP contribution in [0.1, 0.15) is 30.1 Å². The number of piperazine rings is 1. The van der Waals surface area contributed by atoms with Crippen LogP contribution >= 0.6 is 0 Å². The predicted molar refractivity (Wildman–Crippen MR) is 97.1 cm³/mol. The lowest BCUT2D eigenvalue weighted by Crippen LogP contribution is -2.48. The molecule has 2 aliphatic heterocycles. The quantitative estimate of drug-likeness (QED) is 0.732. The van der Waals surface area contributed by atoms with Crippen molar-refractivity contribution < 1.29 is 18.0 Å². The summed E-state index contributed by atoms with van der Waals surface area (Å²) in [6.45, 7) is 5.26. The summed E-state index contributed by atoms with van der Waals surface area (Å²) >= 11 is 0. The average molecular weight is 379 g/mol. The highest BCUT2D eigenvalue weighted by Crippen LogP contribution is 2.24. The van der Waals surface area contributed by atoms with Crippen molar-refractivity contribution in [3.63, 3.8) is 0 Å². The fourth-order valence-electron chi connectivity index (χ4n) is 3.36. The molecule has 142 valence electrons. The normalized spacial score (nSPS) is 20.2. The second-order valence-corrected chi connectivity index (χ2v) is 8.98. The second kappa shape index (κ2) is 7.75. The van der Waals surface area contributed by atoms with Crippen molar-refractivity contribution in [1.82, 2.24) is 14.1 Å². The van der Waals surface area contributed by atoms with Gasteiger partial charge in [0.15, 0.2) is 0 Å². The highest BCUT2D eigenvalue weighted by Gasteiger charge is 2.28. The van der Waals surface area contributed by atoms with E-state index in [-0.39, 0.29) is 10.8 Å². The fourth-order valence-corrected chi connectivity index (χ4v) is 4.83. The van der Waals surface area contributed by atoms with Gasteiger partial charge in [0.05, 0.1) is 4.90 Å². The Morgan fingerprint density at radius 2 is 1.58 bits per heavy atom. The first-order valence-corrected chi connectivity index (χ1v) is 10.4. The summed E-state index contributed by atoms with van der Waals surface area (Å²) in [7, 11) is -3.50. The first-order valence-electron chi connectivity index (χ1n) is 9.00. The first kappa shape index (κ1) is 18.8. The van der Waals surface area contributed by atoms with Gasteiger partial charge < -0.3 is 9.80 Å². The lowest BCUT2D eigenvalue weighted by molar-refractivity contribution is -0.119. The van der Waals surface area contributed by atoms with Gasteiger partial charge in [0.1, 0.15) is 0 Å². The number of amides is 2. The zero-order chi connectivity index (χ0) is 18.7. The van der Waals surface area contributed by atoms with E-state index in [1.54, 1.807) is 21.9 Å². The molecule has 2 saturated heterocycles. The Bertz CT molecular complexity index is 747. The van der Waals surface area contributed by atoms with E-state index < -0.39 is 10.0 Å². The molecule has 1 aromatic rings. The standard InChI is InChI=1S/C18H25N3O4S/c1-15-6-8-21(9-7-15)26(24,25)17-4-2-16(3-5-17)18(23)20-12-10-19(14-22)11-13-20/h2-5,14-15H,6-13H2,1H3. The summed E-state index contributed by atoms with van der Waals surface area (Å²) in [4.78, 5) is 26.9. The molecule has 7 nitrogen and oxygen atoms in total. The third-order valence-electron chi connectivity index (χ3n) is 5.23. The Balaban J connectivity index is 1.68. The van der Waals surface area contributed by atoms with Crippen LogP contribution in [-0.2, 0) is 14.8 Å². The molecule has 2 fully saturated rings. The molecule has 0 atom stereocenters. The molecular formula is C18H25N3O4S. The van der Waals surface area contributed by atoms with Crippen LogP contribution in [0.5, 0.6) is 0 Å². The van der Waals surface area contributed by atoms with Crippen LogP contribution in [0.2, 0.25) is 0 Å². The van der Waals surface area contributed by atoms with Crippen LogP contribution in [0.25, 0.3) is 0 Å². The SMILES string of the molecule is CC1CCN(S(=O)(=O)c2ccc(C(=O)N3CCN(C=O)CC3)cc2)CC1. The topological polar surface area (TPSA) is 78.0 Å². The van der Waals surface area contributed by atoms with Crippen LogP contribution in [0, 0.1) is 5.92 Å². The molecule has 0 spiro atoms. The van der Waals surface area contributed by atoms with Crippen LogP contribution in [0.15, 0.2) is 29.2 Å². The minimum absolute atomic E-state index is 0.133. The second-order valence-electron chi connectivity index (χ2n) is 7.04. The van der Waals surface area contributed by atoms with Gasteiger partial charge >= 0.3 is 0 Å². The molecule has 0 aliphatic carbocycles. The molecule has 8 heteroatoms. The van der Waals surface area contributed by atoms with Gasteiger partial charge in [-0.1, -0.05) is 6.92 Å². The number of rotatable bonds is 4. The minimum atomic E-state index is -3.50. The number of piperidine rings is 1. The van der Waals surface area contributed by atoms with Gasteiger partial charge in [0.2, 0.25) is 16.4 Å². The number of carbonyl (C=O) groups is 2. The van der Waals surface area contributed by atoms with Crippen LogP contribution in [0.3, 0.4) is 0 Å². The zero-order valence-corrected chi connectivity index (χ0v) is 15.8. The number of nitrogens with zero attached hydrogens (tertiary/aromatic N) is 3. The summed E-state index contributed by atoms with van der Waals surface area (Å²) in [6.07, 6.45) is 2.55. The largest absolute Gasteiger partial charge is 0.342 e. The van der Waals surface area contributed by atoms with Crippen molar-refractivity contribution in [3.8, 4) is 0 Å². The zero-order valence-electron chi connectivity index (χ0n) is 15.0. The van der Waals surface area contributed by atoms with Gasteiger partial charge in [0.25, 0.3) is 5.91 Å². The summed E-state index contributed by atoms with van der Waals surface area (Å²) in [5.74, 6) is 0.424. The molecule has 0 aromatic heterocycles. The van der Waals surface area contributed by atoms with Crippen LogP contribution < -0.4 is 0 Å². The molecule has 1 aromatic carbocycles. The van der Waals surface area contributed by atoms with Crippen LogP contribution in [-0.4, -0.2) is 74.1 Å². The first-order chi connectivity index (χ1) is 12.4. The van der Waals surface area contributed by atoms with Gasteiger partial charge in [-0.25, -0.2) is 8.42 Å². The van der Waals surface area contributed by atoms with E-state index in [1.807, 2.05) is 0 Å². The Kier molecular flexibility index (Phi) is 5.62. The van der Waals surface area contributed by atoms with Crippen molar-refractivity contribution in [2.24, 2.45) is 5.92 Å². The number of benzene rings is 1. The minimum Gasteiger partial charge on any atom is -0.342 e. The van der Waals surface area contributed by atoms with E-state index in [4.69, 9.17) is 0 Å². The molecule has 0 bridgehead atoms. The van der Waals surface area contributed by atoms with E-state index in [0.717, 1.165) is 19.3 Å².